The lowest BCUT2D eigenvalue weighted by Crippen LogP contribution is -2.17. The summed E-state index contributed by atoms with van der Waals surface area (Å²) in [4.78, 5) is 0. The second-order valence-corrected chi connectivity index (χ2v) is 5.69. The molecular weight excluding hydrogens is 236 g/mol. The summed E-state index contributed by atoms with van der Waals surface area (Å²) < 4.78 is 5.90. The Kier molecular flexibility index (Phi) is 4.28. The smallest absolute Gasteiger partial charge is 0.315 e. The van der Waals surface area contributed by atoms with Gasteiger partial charge in [0, 0.05) is 11.3 Å². The normalized spacial score (nSPS) is 17.1. The molecule has 5 nitrogen and oxygen atoms in total. The van der Waals surface area contributed by atoms with Crippen LogP contribution in [0.3, 0.4) is 0 Å². The third kappa shape index (κ3) is 3.61. The molecule has 2 rings (SSSR count). The van der Waals surface area contributed by atoms with E-state index in [4.69, 9.17) is 4.42 Å². The number of hydrogen-bond acceptors (Lipinski definition) is 6. The number of rotatable bonds is 8. The summed E-state index contributed by atoms with van der Waals surface area (Å²) in [5.74, 6) is 0.648. The van der Waals surface area contributed by atoms with Crippen molar-refractivity contribution in [3.05, 3.63) is 5.89 Å². The maximum atomic E-state index is 5.49. The molecule has 1 aliphatic carbocycles. The molecule has 0 unspecified atom stereocenters. The fourth-order valence-corrected chi connectivity index (χ4v) is 2.32. The number of aromatic nitrogens is 2. The minimum Gasteiger partial charge on any atom is -0.407 e. The summed E-state index contributed by atoms with van der Waals surface area (Å²) in [7, 11) is 0. The molecule has 0 aromatic carbocycles. The van der Waals surface area contributed by atoms with Gasteiger partial charge >= 0.3 is 6.01 Å². The highest BCUT2D eigenvalue weighted by Gasteiger charge is 2.41. The SMILES string of the molecule is CCCNCc1nnc(NCC2(SC)CC2)o1. The first kappa shape index (κ1) is 12.7. The van der Waals surface area contributed by atoms with Crippen LogP contribution in [0, 0.1) is 0 Å². The third-order valence-electron chi connectivity index (χ3n) is 2.97. The van der Waals surface area contributed by atoms with Gasteiger partial charge in [-0.05, 0) is 32.1 Å². The minimum absolute atomic E-state index is 0.412. The molecule has 1 fully saturated rings. The molecule has 0 spiro atoms. The van der Waals surface area contributed by atoms with Gasteiger partial charge < -0.3 is 15.1 Å². The van der Waals surface area contributed by atoms with Crippen molar-refractivity contribution in [1.29, 1.82) is 0 Å². The maximum absolute atomic E-state index is 5.49. The highest BCUT2D eigenvalue weighted by molar-refractivity contribution is 8.00. The number of nitrogens with one attached hydrogen (secondary N) is 2. The van der Waals surface area contributed by atoms with Crippen molar-refractivity contribution in [3.63, 3.8) is 0 Å². The zero-order valence-electron chi connectivity index (χ0n) is 10.5. The van der Waals surface area contributed by atoms with Gasteiger partial charge in [-0.15, -0.1) is 5.10 Å². The molecule has 0 atom stereocenters. The van der Waals surface area contributed by atoms with E-state index in [-0.39, 0.29) is 0 Å². The standard InChI is InChI=1S/C11H20N4OS/c1-3-6-12-7-9-14-15-10(16-9)13-8-11(17-2)4-5-11/h12H,3-8H2,1-2H3,(H,13,15). The Morgan fingerprint density at radius 2 is 2.24 bits per heavy atom. The van der Waals surface area contributed by atoms with Crippen LogP contribution in [0.2, 0.25) is 0 Å². The first-order valence-corrected chi connectivity index (χ1v) is 7.32. The molecule has 1 heterocycles. The number of nitrogens with zero attached hydrogens (tertiary/aromatic N) is 2. The van der Waals surface area contributed by atoms with E-state index in [1.165, 1.54) is 12.8 Å². The second-order valence-electron chi connectivity index (χ2n) is 4.42. The molecule has 0 saturated heterocycles. The predicted octanol–water partition coefficient (Wildman–Crippen LogP) is 1.88. The van der Waals surface area contributed by atoms with E-state index >= 15 is 0 Å². The summed E-state index contributed by atoms with van der Waals surface area (Å²) in [6.45, 7) is 4.67. The lowest BCUT2D eigenvalue weighted by Gasteiger charge is -2.10. The molecule has 2 N–H and O–H groups in total. The van der Waals surface area contributed by atoms with E-state index < -0.39 is 0 Å². The van der Waals surface area contributed by atoms with E-state index in [0.29, 0.717) is 23.2 Å². The summed E-state index contributed by atoms with van der Waals surface area (Å²) in [6, 6.07) is 0.540. The molecule has 0 radical (unpaired) electrons. The average Bonchev–Trinajstić information content (AvgIpc) is 3.00. The Morgan fingerprint density at radius 3 is 2.88 bits per heavy atom. The molecule has 96 valence electrons. The Hall–Kier alpha value is -0.750. The molecule has 1 aromatic rings. The average molecular weight is 256 g/mol. The van der Waals surface area contributed by atoms with Crippen LogP contribution >= 0.6 is 11.8 Å². The lowest BCUT2D eigenvalue weighted by atomic mass is 10.4. The fraction of sp³-hybridized carbons (Fsp3) is 0.818. The van der Waals surface area contributed by atoms with Crippen molar-refractivity contribution in [2.75, 3.05) is 24.7 Å². The van der Waals surface area contributed by atoms with Gasteiger partial charge in [0.2, 0.25) is 5.89 Å². The van der Waals surface area contributed by atoms with E-state index in [1.807, 2.05) is 11.8 Å². The minimum atomic E-state index is 0.412. The molecule has 0 bridgehead atoms. The van der Waals surface area contributed by atoms with Gasteiger partial charge in [0.05, 0.1) is 6.54 Å². The molecule has 1 saturated carbocycles. The Labute approximate surface area is 106 Å². The predicted molar refractivity (Wildman–Crippen MR) is 70.3 cm³/mol. The van der Waals surface area contributed by atoms with Crippen molar-refractivity contribution in [1.82, 2.24) is 15.5 Å². The Bertz CT molecular complexity index is 351. The van der Waals surface area contributed by atoms with E-state index in [0.717, 1.165) is 19.5 Å². The number of thioether (sulfide) groups is 1. The van der Waals surface area contributed by atoms with Crippen molar-refractivity contribution >= 4 is 17.8 Å². The first-order valence-electron chi connectivity index (χ1n) is 6.10. The molecule has 0 amide bonds. The van der Waals surface area contributed by atoms with Gasteiger partial charge in [-0.2, -0.15) is 11.8 Å². The van der Waals surface area contributed by atoms with Gasteiger partial charge in [-0.25, -0.2) is 0 Å². The van der Waals surface area contributed by atoms with Crippen LogP contribution in [-0.2, 0) is 6.54 Å². The summed E-state index contributed by atoms with van der Waals surface area (Å²) in [5, 5.41) is 14.4. The van der Waals surface area contributed by atoms with Crippen molar-refractivity contribution < 1.29 is 4.42 Å². The van der Waals surface area contributed by atoms with Crippen LogP contribution in [0.25, 0.3) is 0 Å². The highest BCUT2D eigenvalue weighted by Crippen LogP contribution is 2.46. The summed E-state index contributed by atoms with van der Waals surface area (Å²) in [5.41, 5.74) is 0. The quantitative estimate of drug-likeness (QED) is 0.692. The lowest BCUT2D eigenvalue weighted by molar-refractivity contribution is 0.476. The fourth-order valence-electron chi connectivity index (χ4n) is 1.60. The van der Waals surface area contributed by atoms with Crippen LogP contribution in [-0.4, -0.2) is 34.3 Å². The van der Waals surface area contributed by atoms with Crippen LogP contribution in [0.1, 0.15) is 32.1 Å². The van der Waals surface area contributed by atoms with Crippen LogP contribution in [0.5, 0.6) is 0 Å². The third-order valence-corrected chi connectivity index (χ3v) is 4.39. The molecule has 6 heteroatoms. The van der Waals surface area contributed by atoms with Gasteiger partial charge in [0.25, 0.3) is 0 Å². The first-order chi connectivity index (χ1) is 8.28. The van der Waals surface area contributed by atoms with Gasteiger partial charge in [-0.1, -0.05) is 12.0 Å². The second kappa shape index (κ2) is 5.73. The molecule has 1 aliphatic rings. The van der Waals surface area contributed by atoms with E-state index in [9.17, 15) is 0 Å². The largest absolute Gasteiger partial charge is 0.407 e. The van der Waals surface area contributed by atoms with Crippen molar-refractivity contribution in [2.45, 2.75) is 37.5 Å². The number of hydrogen-bond donors (Lipinski definition) is 2. The van der Waals surface area contributed by atoms with Crippen molar-refractivity contribution in [2.24, 2.45) is 0 Å². The van der Waals surface area contributed by atoms with Gasteiger partial charge in [-0.3, -0.25) is 0 Å². The zero-order valence-corrected chi connectivity index (χ0v) is 11.3. The van der Waals surface area contributed by atoms with Crippen LogP contribution < -0.4 is 10.6 Å². The maximum Gasteiger partial charge on any atom is 0.315 e. The topological polar surface area (TPSA) is 63.0 Å². The molecular formula is C11H20N4OS. The number of anilines is 1. The molecule has 0 aliphatic heterocycles. The van der Waals surface area contributed by atoms with Gasteiger partial charge in [0.1, 0.15) is 0 Å². The summed E-state index contributed by atoms with van der Waals surface area (Å²) >= 11 is 1.92. The van der Waals surface area contributed by atoms with Crippen LogP contribution in [0.15, 0.2) is 4.42 Å². The highest BCUT2D eigenvalue weighted by atomic mass is 32.2. The van der Waals surface area contributed by atoms with E-state index in [2.05, 4.69) is 34.0 Å². The molecule has 17 heavy (non-hydrogen) atoms. The Morgan fingerprint density at radius 1 is 1.41 bits per heavy atom. The van der Waals surface area contributed by atoms with Crippen molar-refractivity contribution in [3.8, 4) is 0 Å². The Balaban J connectivity index is 1.74. The summed E-state index contributed by atoms with van der Waals surface area (Å²) in [6.07, 6.45) is 5.82. The zero-order chi connectivity index (χ0) is 12.1. The van der Waals surface area contributed by atoms with Crippen LogP contribution in [0.4, 0.5) is 6.01 Å². The monoisotopic (exact) mass is 256 g/mol. The molecule has 1 aromatic heterocycles. The van der Waals surface area contributed by atoms with E-state index in [1.54, 1.807) is 0 Å². The van der Waals surface area contributed by atoms with Gasteiger partial charge in [0.15, 0.2) is 0 Å².